The van der Waals surface area contributed by atoms with Gasteiger partial charge in [-0.25, -0.2) is 0 Å². The molecule has 9 heteroatoms. The molecule has 1 saturated heterocycles. The molecule has 1 aromatic carbocycles. The van der Waals surface area contributed by atoms with Gasteiger partial charge in [0, 0.05) is 19.6 Å². The Kier molecular flexibility index (Phi) is 7.60. The van der Waals surface area contributed by atoms with Gasteiger partial charge in [-0.2, -0.15) is 15.2 Å². The predicted octanol–water partition coefficient (Wildman–Crippen LogP) is 2.83. The van der Waals surface area contributed by atoms with Crippen molar-refractivity contribution in [1.29, 1.82) is 5.26 Å². The van der Waals surface area contributed by atoms with Gasteiger partial charge in [0.05, 0.1) is 31.3 Å². The second kappa shape index (κ2) is 11.0. The number of fused-ring (bicyclic) bond motifs is 1. The van der Waals surface area contributed by atoms with Gasteiger partial charge < -0.3 is 19.9 Å². The van der Waals surface area contributed by atoms with Crippen molar-refractivity contribution in [2.24, 2.45) is 0 Å². The summed E-state index contributed by atoms with van der Waals surface area (Å²) in [7, 11) is 1.52. The van der Waals surface area contributed by atoms with Gasteiger partial charge in [-0.15, -0.1) is 0 Å². The number of hydrogen-bond donors (Lipinski definition) is 1. The van der Waals surface area contributed by atoms with E-state index in [-0.39, 0.29) is 30.3 Å². The minimum absolute atomic E-state index is 0.181. The largest absolute Gasteiger partial charge is 0.467 e. The minimum Gasteiger partial charge on any atom is -0.467 e. The van der Waals surface area contributed by atoms with Gasteiger partial charge in [-0.1, -0.05) is 30.8 Å². The fraction of sp³-hybridized carbons (Fsp3) is 0.423. The first-order chi connectivity index (χ1) is 17.1. The smallest absolute Gasteiger partial charge is 0.318 e. The molecule has 0 saturated carbocycles. The molecular formula is C26H30N6O3. The van der Waals surface area contributed by atoms with E-state index in [0.717, 1.165) is 19.3 Å². The number of benzene rings is 1. The first kappa shape index (κ1) is 24.2. The summed E-state index contributed by atoms with van der Waals surface area (Å²) in [5.41, 5.74) is 3.93. The molecule has 1 fully saturated rings. The van der Waals surface area contributed by atoms with Crippen molar-refractivity contribution in [3.05, 3.63) is 53.7 Å². The van der Waals surface area contributed by atoms with E-state index in [2.05, 4.69) is 52.2 Å². The third kappa shape index (κ3) is 5.11. The number of anilines is 2. The third-order valence-electron chi connectivity index (χ3n) is 6.83. The molecular weight excluding hydrogens is 444 g/mol. The van der Waals surface area contributed by atoms with Crippen molar-refractivity contribution >= 4 is 23.8 Å². The van der Waals surface area contributed by atoms with E-state index in [9.17, 15) is 14.9 Å². The quantitative estimate of drug-likeness (QED) is 0.463. The number of ether oxygens (including phenoxy) is 1. The molecule has 2 atom stereocenters. The Hall–Kier alpha value is -3.93. The van der Waals surface area contributed by atoms with Crippen LogP contribution in [0.15, 0.2) is 36.9 Å². The molecule has 2 unspecified atom stereocenters. The van der Waals surface area contributed by atoms with E-state index in [4.69, 9.17) is 4.74 Å². The lowest BCUT2D eigenvalue weighted by atomic mass is 9.80. The van der Waals surface area contributed by atoms with E-state index in [1.165, 1.54) is 24.3 Å². The first-order valence-electron chi connectivity index (χ1n) is 11.9. The van der Waals surface area contributed by atoms with Crippen LogP contribution >= 0.6 is 0 Å². The van der Waals surface area contributed by atoms with E-state index in [1.807, 2.05) is 4.90 Å². The van der Waals surface area contributed by atoms with Crippen LogP contribution in [0.4, 0.5) is 11.5 Å². The Morgan fingerprint density at radius 2 is 2.17 bits per heavy atom. The second-order valence-electron chi connectivity index (χ2n) is 8.81. The molecule has 2 aromatic rings. The van der Waals surface area contributed by atoms with Crippen molar-refractivity contribution in [1.82, 2.24) is 14.9 Å². The Morgan fingerprint density at radius 3 is 2.91 bits per heavy atom. The lowest BCUT2D eigenvalue weighted by molar-refractivity contribution is -0.128. The Labute approximate surface area is 205 Å². The van der Waals surface area contributed by atoms with Crippen LogP contribution < -0.4 is 15.0 Å². The SMILES string of the molecule is C=CC(=O)N1CCN(c2nc(OC)nc(CC3CCCc4ccccc43)c2NC=O)CC1CC#N. The number of nitrogens with zero attached hydrogens (tertiary/aromatic N) is 5. The number of carbonyl (C=O) groups is 2. The van der Waals surface area contributed by atoms with Crippen molar-refractivity contribution in [3.63, 3.8) is 0 Å². The number of methoxy groups -OCH3 is 1. The first-order valence-corrected chi connectivity index (χ1v) is 11.9. The minimum atomic E-state index is -0.321. The highest BCUT2D eigenvalue weighted by Gasteiger charge is 2.32. The molecule has 1 aliphatic carbocycles. The van der Waals surface area contributed by atoms with Crippen LogP contribution in [0.3, 0.4) is 0 Å². The molecule has 9 nitrogen and oxygen atoms in total. The van der Waals surface area contributed by atoms with Crippen molar-refractivity contribution < 1.29 is 14.3 Å². The summed E-state index contributed by atoms with van der Waals surface area (Å²) >= 11 is 0. The second-order valence-corrected chi connectivity index (χ2v) is 8.81. The zero-order chi connectivity index (χ0) is 24.8. The normalized spacial score (nSPS) is 19.3. The molecule has 4 rings (SSSR count). The molecule has 0 radical (unpaired) electrons. The summed E-state index contributed by atoms with van der Waals surface area (Å²) in [4.78, 5) is 36.8. The van der Waals surface area contributed by atoms with Crippen LogP contribution in [-0.4, -0.2) is 60.0 Å². The maximum Gasteiger partial charge on any atom is 0.318 e. The van der Waals surface area contributed by atoms with Gasteiger partial charge in [0.25, 0.3) is 0 Å². The number of carbonyl (C=O) groups excluding carboxylic acids is 2. The monoisotopic (exact) mass is 474 g/mol. The lowest BCUT2D eigenvalue weighted by Crippen LogP contribution is -2.55. The fourth-order valence-electron chi connectivity index (χ4n) is 5.18. The molecule has 0 spiro atoms. The molecule has 2 amide bonds. The average Bonchev–Trinajstić information content (AvgIpc) is 2.89. The van der Waals surface area contributed by atoms with Gasteiger partial charge in [0.15, 0.2) is 5.82 Å². The number of hydrogen-bond acceptors (Lipinski definition) is 7. The number of piperazine rings is 1. The van der Waals surface area contributed by atoms with Gasteiger partial charge in [0.1, 0.15) is 5.69 Å². The highest BCUT2D eigenvalue weighted by Crippen LogP contribution is 2.38. The standard InChI is InChI=1S/C26H30N6O3/c1-3-23(34)32-14-13-31(16-20(32)11-12-27)25-24(28-17-33)22(29-26(30-25)35-2)15-19-9-6-8-18-7-4-5-10-21(18)19/h3-5,7,10,17,19-20H,1,6,8-9,11,13-16H2,2H3,(H,28,33). The summed E-state index contributed by atoms with van der Waals surface area (Å²) in [6, 6.07) is 10.6. The van der Waals surface area contributed by atoms with Crippen LogP contribution in [0.5, 0.6) is 6.01 Å². The molecule has 1 aliphatic heterocycles. The van der Waals surface area contributed by atoms with Crippen LogP contribution in [0.25, 0.3) is 0 Å². The van der Waals surface area contributed by atoms with Gasteiger partial charge in [0.2, 0.25) is 12.3 Å². The number of aromatic nitrogens is 2. The highest BCUT2D eigenvalue weighted by atomic mass is 16.5. The maximum atomic E-state index is 12.3. The Bertz CT molecular complexity index is 1140. The lowest BCUT2D eigenvalue weighted by Gasteiger charge is -2.41. The topological polar surface area (TPSA) is 111 Å². The molecule has 182 valence electrons. The van der Waals surface area contributed by atoms with Gasteiger partial charge >= 0.3 is 6.01 Å². The summed E-state index contributed by atoms with van der Waals surface area (Å²) in [6.07, 6.45) is 5.92. The van der Waals surface area contributed by atoms with E-state index in [1.54, 1.807) is 4.90 Å². The Morgan fingerprint density at radius 1 is 1.34 bits per heavy atom. The third-order valence-corrected chi connectivity index (χ3v) is 6.83. The van der Waals surface area contributed by atoms with Gasteiger partial charge in [-0.05, 0) is 48.8 Å². The zero-order valence-electron chi connectivity index (χ0n) is 19.9. The molecule has 2 aliphatic rings. The summed E-state index contributed by atoms with van der Waals surface area (Å²) in [5, 5.41) is 12.2. The maximum absolute atomic E-state index is 12.3. The molecule has 35 heavy (non-hydrogen) atoms. The number of rotatable bonds is 8. The molecule has 1 aromatic heterocycles. The van der Waals surface area contributed by atoms with Gasteiger partial charge in [-0.3, -0.25) is 9.59 Å². The van der Waals surface area contributed by atoms with Crippen LogP contribution in [0.1, 0.15) is 42.0 Å². The van der Waals surface area contributed by atoms with Crippen molar-refractivity contribution in [2.75, 3.05) is 37.0 Å². The van der Waals surface area contributed by atoms with Crippen LogP contribution in [-0.2, 0) is 22.4 Å². The van der Waals surface area contributed by atoms with Crippen molar-refractivity contribution in [2.45, 2.75) is 44.1 Å². The van der Waals surface area contributed by atoms with Crippen molar-refractivity contribution in [3.8, 4) is 12.1 Å². The summed E-state index contributed by atoms with van der Waals surface area (Å²) in [6.45, 7) is 4.87. The number of nitrogens with one attached hydrogen (secondary N) is 1. The number of aryl methyl sites for hydroxylation is 1. The highest BCUT2D eigenvalue weighted by molar-refractivity contribution is 5.88. The van der Waals surface area contributed by atoms with E-state index < -0.39 is 0 Å². The summed E-state index contributed by atoms with van der Waals surface area (Å²) < 4.78 is 5.43. The van der Waals surface area contributed by atoms with E-state index >= 15 is 0 Å². The van der Waals surface area contributed by atoms with E-state index in [0.29, 0.717) is 49.7 Å². The molecule has 2 heterocycles. The number of nitriles is 1. The fourth-order valence-corrected chi connectivity index (χ4v) is 5.18. The van der Waals surface area contributed by atoms with Crippen LogP contribution in [0.2, 0.25) is 0 Å². The zero-order valence-corrected chi connectivity index (χ0v) is 19.9. The summed E-state index contributed by atoms with van der Waals surface area (Å²) in [5.74, 6) is 0.609. The average molecular weight is 475 g/mol. The Balaban J connectivity index is 1.70. The molecule has 0 bridgehead atoms. The molecule has 1 N–H and O–H groups in total. The van der Waals surface area contributed by atoms with Crippen LogP contribution in [0, 0.1) is 11.3 Å². The number of amides is 2. The predicted molar refractivity (Wildman–Crippen MR) is 132 cm³/mol.